The topological polar surface area (TPSA) is 75.7 Å². The molecular weight excluding hydrogens is 496 g/mol. The van der Waals surface area contributed by atoms with Crippen molar-refractivity contribution >= 4 is 38.8 Å². The molecule has 0 atom stereocenters. The molecule has 3 aromatic rings. The van der Waals surface area contributed by atoms with Gasteiger partial charge in [-0.25, -0.2) is 8.42 Å². The highest BCUT2D eigenvalue weighted by Crippen LogP contribution is 2.43. The van der Waals surface area contributed by atoms with Crippen molar-refractivity contribution in [3.05, 3.63) is 112 Å². The van der Waals surface area contributed by atoms with Crippen molar-refractivity contribution in [2.24, 2.45) is 0 Å². The smallest absolute Gasteiger partial charge is 0.270 e. The van der Waals surface area contributed by atoms with Crippen LogP contribution in [0, 0.1) is 13.8 Å². The normalized spacial score (nSPS) is 14.2. The van der Waals surface area contributed by atoms with Crippen LogP contribution in [0.25, 0.3) is 5.57 Å². The molecule has 0 bridgehead atoms. The number of anilines is 1. The van der Waals surface area contributed by atoms with Gasteiger partial charge in [0.1, 0.15) is 12.4 Å². The van der Waals surface area contributed by atoms with Crippen LogP contribution in [0.4, 0.5) is 5.69 Å². The number of nitrogens with zero attached hydrogens (tertiary/aromatic N) is 1. The van der Waals surface area contributed by atoms with Crippen molar-refractivity contribution in [3.8, 4) is 5.75 Å². The van der Waals surface area contributed by atoms with Crippen LogP contribution < -0.4 is 14.4 Å². The zero-order valence-corrected chi connectivity index (χ0v) is 21.7. The Morgan fingerprint density at radius 3 is 2.53 bits per heavy atom. The molecule has 6 nitrogen and oxygen atoms in total. The lowest BCUT2D eigenvalue weighted by Gasteiger charge is -2.33. The van der Waals surface area contributed by atoms with Gasteiger partial charge in [0.25, 0.3) is 15.9 Å². The van der Waals surface area contributed by atoms with Crippen LogP contribution in [0.2, 0.25) is 5.02 Å². The predicted molar refractivity (Wildman–Crippen MR) is 145 cm³/mol. The minimum atomic E-state index is -4.20. The maximum absolute atomic E-state index is 13.8. The number of amides is 1. The number of carbonyl (C=O) groups is 1. The van der Waals surface area contributed by atoms with E-state index < -0.39 is 15.9 Å². The molecule has 3 aromatic carbocycles. The van der Waals surface area contributed by atoms with Gasteiger partial charge in [0.15, 0.2) is 4.91 Å². The lowest BCUT2D eigenvalue weighted by atomic mass is 9.95. The van der Waals surface area contributed by atoms with Gasteiger partial charge in [-0.15, -0.1) is 6.58 Å². The van der Waals surface area contributed by atoms with E-state index in [4.69, 9.17) is 16.3 Å². The molecule has 0 aromatic heterocycles. The molecule has 0 fully saturated rings. The second kappa shape index (κ2) is 10.6. The highest BCUT2D eigenvalue weighted by Gasteiger charge is 2.40. The Bertz CT molecular complexity index is 1450. The standard InChI is InChI=1S/C28H27ClN2O4S/c1-4-15-31-24-12-11-22(29)18-23(24)26(21-8-6-5-7-9-21)27(36(31,33)34)28(32)30-14-16-35-25-13-10-19(2)17-20(25)3/h4-13,17-18H,1,14-16H2,2-3H3,(H,30,32). The number of carbonyl (C=O) groups excluding carboxylic acids is 1. The molecule has 186 valence electrons. The summed E-state index contributed by atoms with van der Waals surface area (Å²) in [5.74, 6) is 0.00261. The van der Waals surface area contributed by atoms with E-state index in [1.807, 2.05) is 38.1 Å². The first kappa shape index (κ1) is 25.5. The summed E-state index contributed by atoms with van der Waals surface area (Å²) in [7, 11) is -4.20. The third-order valence-corrected chi connectivity index (χ3v) is 7.88. The van der Waals surface area contributed by atoms with Gasteiger partial charge in [-0.3, -0.25) is 9.10 Å². The van der Waals surface area contributed by atoms with Crippen molar-refractivity contribution in [1.29, 1.82) is 0 Å². The maximum atomic E-state index is 13.8. The average Bonchev–Trinajstić information content (AvgIpc) is 2.84. The van der Waals surface area contributed by atoms with Gasteiger partial charge < -0.3 is 10.1 Å². The Balaban J connectivity index is 1.72. The summed E-state index contributed by atoms with van der Waals surface area (Å²) in [6.07, 6.45) is 1.48. The minimum Gasteiger partial charge on any atom is -0.491 e. The fourth-order valence-electron chi connectivity index (χ4n) is 4.22. The summed E-state index contributed by atoms with van der Waals surface area (Å²) in [5, 5.41) is 3.16. The molecule has 0 saturated heterocycles. The summed E-state index contributed by atoms with van der Waals surface area (Å²) >= 11 is 6.31. The first-order valence-electron chi connectivity index (χ1n) is 11.5. The number of fused-ring (bicyclic) bond motifs is 1. The number of hydrogen-bond donors (Lipinski definition) is 1. The summed E-state index contributed by atoms with van der Waals surface area (Å²) in [5.41, 5.74) is 4.01. The molecule has 1 aliphatic heterocycles. The second-order valence-electron chi connectivity index (χ2n) is 8.43. The van der Waals surface area contributed by atoms with Crippen molar-refractivity contribution in [2.75, 3.05) is 24.0 Å². The second-order valence-corrected chi connectivity index (χ2v) is 10.7. The quantitative estimate of drug-likeness (QED) is 0.324. The van der Waals surface area contributed by atoms with Crippen LogP contribution in [-0.2, 0) is 14.8 Å². The fraction of sp³-hybridized carbons (Fsp3) is 0.179. The van der Waals surface area contributed by atoms with Crippen molar-refractivity contribution in [2.45, 2.75) is 13.8 Å². The van der Waals surface area contributed by atoms with Crippen molar-refractivity contribution < 1.29 is 17.9 Å². The number of rotatable bonds is 8. The molecule has 36 heavy (non-hydrogen) atoms. The molecule has 0 unspecified atom stereocenters. The number of sulfonamides is 1. The first-order valence-corrected chi connectivity index (χ1v) is 13.3. The minimum absolute atomic E-state index is 0.00558. The molecule has 0 radical (unpaired) electrons. The van der Waals surface area contributed by atoms with Crippen molar-refractivity contribution in [3.63, 3.8) is 0 Å². The maximum Gasteiger partial charge on any atom is 0.270 e. The molecule has 0 saturated carbocycles. The van der Waals surface area contributed by atoms with Crippen LogP contribution in [-0.4, -0.2) is 34.0 Å². The van der Waals surface area contributed by atoms with E-state index in [0.717, 1.165) is 11.1 Å². The van der Waals surface area contributed by atoms with Crippen LogP contribution in [0.15, 0.2) is 84.3 Å². The molecule has 1 N–H and O–H groups in total. The summed E-state index contributed by atoms with van der Waals surface area (Å²) < 4.78 is 34.6. The van der Waals surface area contributed by atoms with E-state index in [0.29, 0.717) is 33.2 Å². The van der Waals surface area contributed by atoms with E-state index in [-0.39, 0.29) is 24.6 Å². The van der Waals surface area contributed by atoms with Crippen LogP contribution in [0.5, 0.6) is 5.75 Å². The molecule has 1 aliphatic rings. The predicted octanol–water partition coefficient (Wildman–Crippen LogP) is 5.25. The molecular formula is C28H27ClN2O4S. The third-order valence-electron chi connectivity index (χ3n) is 5.81. The van der Waals surface area contributed by atoms with E-state index in [1.165, 1.54) is 10.4 Å². The average molecular weight is 523 g/mol. The molecule has 1 amide bonds. The van der Waals surface area contributed by atoms with Gasteiger partial charge in [-0.2, -0.15) is 0 Å². The van der Waals surface area contributed by atoms with Gasteiger partial charge in [0.05, 0.1) is 18.8 Å². The molecule has 1 heterocycles. The number of nitrogens with one attached hydrogen (secondary N) is 1. The Labute approximate surface area is 216 Å². The van der Waals surface area contributed by atoms with Gasteiger partial charge in [0, 0.05) is 16.2 Å². The van der Waals surface area contributed by atoms with Gasteiger partial charge >= 0.3 is 0 Å². The lowest BCUT2D eigenvalue weighted by Crippen LogP contribution is -2.42. The first-order chi connectivity index (χ1) is 17.2. The van der Waals surface area contributed by atoms with E-state index in [2.05, 4.69) is 11.9 Å². The molecule has 8 heteroatoms. The van der Waals surface area contributed by atoms with Gasteiger partial charge in [0.2, 0.25) is 0 Å². The largest absolute Gasteiger partial charge is 0.491 e. The zero-order valence-electron chi connectivity index (χ0n) is 20.1. The number of aryl methyl sites for hydroxylation is 2. The summed E-state index contributed by atoms with van der Waals surface area (Å²) in [6, 6.07) is 19.8. The van der Waals surface area contributed by atoms with Crippen LogP contribution in [0.3, 0.4) is 0 Å². The summed E-state index contributed by atoms with van der Waals surface area (Å²) in [6.45, 7) is 7.95. The monoisotopic (exact) mass is 522 g/mol. The lowest BCUT2D eigenvalue weighted by molar-refractivity contribution is -0.116. The zero-order chi connectivity index (χ0) is 25.9. The highest BCUT2D eigenvalue weighted by atomic mass is 35.5. The van der Waals surface area contributed by atoms with E-state index in [1.54, 1.807) is 42.5 Å². The van der Waals surface area contributed by atoms with Crippen LogP contribution >= 0.6 is 11.6 Å². The van der Waals surface area contributed by atoms with Gasteiger partial charge in [-0.05, 0) is 49.2 Å². The Morgan fingerprint density at radius 1 is 1.08 bits per heavy atom. The van der Waals surface area contributed by atoms with Gasteiger partial charge in [-0.1, -0.05) is 65.7 Å². The number of hydrogen-bond acceptors (Lipinski definition) is 4. The Hall–Kier alpha value is -3.55. The molecule has 4 rings (SSSR count). The third kappa shape index (κ3) is 5.03. The highest BCUT2D eigenvalue weighted by molar-refractivity contribution is 7.97. The number of halogens is 1. The SMILES string of the molecule is C=CCN1c2ccc(Cl)cc2C(c2ccccc2)=C(C(=O)NCCOc2ccc(C)cc2C)S1(=O)=O. The number of benzene rings is 3. The number of ether oxygens (including phenoxy) is 1. The fourth-order valence-corrected chi connectivity index (χ4v) is 6.12. The molecule has 0 spiro atoms. The summed E-state index contributed by atoms with van der Waals surface area (Å²) in [4.78, 5) is 13.1. The van der Waals surface area contributed by atoms with E-state index >= 15 is 0 Å². The van der Waals surface area contributed by atoms with Crippen LogP contribution in [0.1, 0.15) is 22.3 Å². The Kier molecular flexibility index (Phi) is 7.52. The molecule has 0 aliphatic carbocycles. The van der Waals surface area contributed by atoms with E-state index in [9.17, 15) is 13.2 Å². The Morgan fingerprint density at radius 2 is 1.83 bits per heavy atom. The van der Waals surface area contributed by atoms with Crippen molar-refractivity contribution in [1.82, 2.24) is 5.32 Å².